The van der Waals surface area contributed by atoms with Crippen LogP contribution in [0.3, 0.4) is 0 Å². The normalized spacial score (nSPS) is 25.1. The van der Waals surface area contributed by atoms with Gasteiger partial charge in [-0.3, -0.25) is 4.90 Å². The minimum atomic E-state index is -1.37. The highest BCUT2D eigenvalue weighted by Crippen LogP contribution is 2.24. The fraction of sp³-hybridized carbons (Fsp3) is 0.571. The lowest BCUT2D eigenvalue weighted by atomic mass is 9.79. The molecule has 0 spiro atoms. The first-order chi connectivity index (χ1) is 8.58. The smallest absolute Gasteiger partial charge is 0.423 e. The van der Waals surface area contributed by atoms with E-state index in [9.17, 15) is 10.0 Å². The van der Waals surface area contributed by atoms with Crippen molar-refractivity contribution in [3.05, 3.63) is 29.8 Å². The molecule has 1 aromatic carbocycles. The van der Waals surface area contributed by atoms with Gasteiger partial charge in [0.1, 0.15) is 0 Å². The molecule has 0 radical (unpaired) electrons. The van der Waals surface area contributed by atoms with Gasteiger partial charge in [-0.15, -0.1) is 0 Å². The summed E-state index contributed by atoms with van der Waals surface area (Å²) in [4.78, 5) is 2.48. The van der Waals surface area contributed by atoms with E-state index >= 15 is 0 Å². The van der Waals surface area contributed by atoms with Crippen molar-refractivity contribution < 1.29 is 10.0 Å². The molecule has 4 heteroatoms. The van der Waals surface area contributed by atoms with Crippen molar-refractivity contribution in [2.75, 3.05) is 6.54 Å². The van der Waals surface area contributed by atoms with Crippen LogP contribution in [0.4, 0.5) is 0 Å². The van der Waals surface area contributed by atoms with Crippen LogP contribution >= 0.6 is 0 Å². The van der Waals surface area contributed by atoms with Crippen molar-refractivity contribution >= 4 is 12.6 Å². The van der Waals surface area contributed by atoms with E-state index in [1.165, 1.54) is 12.8 Å². The Morgan fingerprint density at radius 1 is 1.33 bits per heavy atom. The molecule has 98 valence electrons. The molecule has 1 saturated heterocycles. The molecule has 1 aromatic rings. The molecule has 1 fully saturated rings. The zero-order valence-electron chi connectivity index (χ0n) is 11.2. The van der Waals surface area contributed by atoms with Crippen LogP contribution in [0, 0.1) is 5.92 Å². The van der Waals surface area contributed by atoms with Crippen LogP contribution < -0.4 is 5.46 Å². The zero-order chi connectivity index (χ0) is 13.1. The number of likely N-dealkylation sites (tertiary alicyclic amines) is 1. The Hall–Kier alpha value is -0.835. The quantitative estimate of drug-likeness (QED) is 0.783. The summed E-state index contributed by atoms with van der Waals surface area (Å²) in [7, 11) is -1.37. The fourth-order valence-corrected chi connectivity index (χ4v) is 2.73. The zero-order valence-corrected chi connectivity index (χ0v) is 11.2. The number of nitrogens with zero attached hydrogens (tertiary/aromatic N) is 1. The molecule has 0 saturated carbocycles. The molecule has 18 heavy (non-hydrogen) atoms. The Morgan fingerprint density at radius 2 is 2.11 bits per heavy atom. The second-order valence-corrected chi connectivity index (χ2v) is 5.45. The first kappa shape index (κ1) is 13.6. The summed E-state index contributed by atoms with van der Waals surface area (Å²) >= 11 is 0. The Bertz CT molecular complexity index is 397. The summed E-state index contributed by atoms with van der Waals surface area (Å²) < 4.78 is 0. The SMILES string of the molecule is CC1CCCN(Cc2cccc(B(O)O)c2)C1C. The van der Waals surface area contributed by atoms with Crippen LogP contribution in [0.2, 0.25) is 0 Å². The highest BCUT2D eigenvalue weighted by atomic mass is 16.4. The van der Waals surface area contributed by atoms with Gasteiger partial charge in [0, 0.05) is 12.6 Å². The van der Waals surface area contributed by atoms with Crippen molar-refractivity contribution in [3.63, 3.8) is 0 Å². The lowest BCUT2D eigenvalue weighted by Crippen LogP contribution is -2.42. The minimum absolute atomic E-state index is 0.574. The summed E-state index contributed by atoms with van der Waals surface area (Å²) in [5.74, 6) is 0.741. The Labute approximate surface area is 110 Å². The van der Waals surface area contributed by atoms with E-state index < -0.39 is 7.12 Å². The summed E-state index contributed by atoms with van der Waals surface area (Å²) in [5, 5.41) is 18.4. The predicted octanol–water partition coefficient (Wildman–Crippen LogP) is 0.987. The number of hydrogen-bond donors (Lipinski definition) is 2. The van der Waals surface area contributed by atoms with Gasteiger partial charge in [0.15, 0.2) is 0 Å². The first-order valence-corrected chi connectivity index (χ1v) is 6.77. The molecule has 2 rings (SSSR count). The van der Waals surface area contributed by atoms with Gasteiger partial charge in [0.25, 0.3) is 0 Å². The van der Waals surface area contributed by atoms with Crippen LogP contribution in [0.1, 0.15) is 32.3 Å². The number of hydrogen-bond acceptors (Lipinski definition) is 3. The molecule has 0 bridgehead atoms. The molecule has 1 aliphatic heterocycles. The van der Waals surface area contributed by atoms with Gasteiger partial charge in [0.2, 0.25) is 0 Å². The van der Waals surface area contributed by atoms with Gasteiger partial charge in [-0.2, -0.15) is 0 Å². The van der Waals surface area contributed by atoms with E-state index in [0.29, 0.717) is 11.5 Å². The monoisotopic (exact) mass is 247 g/mol. The van der Waals surface area contributed by atoms with Crippen LogP contribution in [0.25, 0.3) is 0 Å². The van der Waals surface area contributed by atoms with E-state index in [4.69, 9.17) is 0 Å². The van der Waals surface area contributed by atoms with Gasteiger partial charge in [-0.1, -0.05) is 31.2 Å². The first-order valence-electron chi connectivity index (χ1n) is 6.77. The number of benzene rings is 1. The Kier molecular flexibility index (Phi) is 4.43. The molecular formula is C14H22BNO2. The van der Waals surface area contributed by atoms with E-state index in [1.807, 2.05) is 12.1 Å². The van der Waals surface area contributed by atoms with Crippen molar-refractivity contribution in [2.24, 2.45) is 5.92 Å². The number of piperidine rings is 1. The third-order valence-corrected chi connectivity index (χ3v) is 4.14. The Morgan fingerprint density at radius 3 is 2.83 bits per heavy atom. The summed E-state index contributed by atoms with van der Waals surface area (Å²) in [6.45, 7) is 6.63. The molecule has 3 nitrogen and oxygen atoms in total. The van der Waals surface area contributed by atoms with Gasteiger partial charge >= 0.3 is 7.12 Å². The maximum Gasteiger partial charge on any atom is 0.488 e. The van der Waals surface area contributed by atoms with E-state index in [1.54, 1.807) is 6.07 Å². The lowest BCUT2D eigenvalue weighted by molar-refractivity contribution is 0.106. The van der Waals surface area contributed by atoms with Gasteiger partial charge in [0.05, 0.1) is 0 Å². The standard InChI is InChI=1S/C14H22BNO2/c1-11-5-4-8-16(12(11)2)10-13-6-3-7-14(9-13)15(17)18/h3,6-7,9,11-12,17-18H,4-5,8,10H2,1-2H3. The fourth-order valence-electron chi connectivity index (χ4n) is 2.73. The van der Waals surface area contributed by atoms with Gasteiger partial charge in [-0.05, 0) is 43.3 Å². The van der Waals surface area contributed by atoms with Crippen LogP contribution in [-0.4, -0.2) is 34.7 Å². The number of rotatable bonds is 3. The molecule has 1 aliphatic rings. The average Bonchev–Trinajstić information content (AvgIpc) is 2.35. The van der Waals surface area contributed by atoms with Crippen LogP contribution in [0.15, 0.2) is 24.3 Å². The summed E-state index contributed by atoms with van der Waals surface area (Å²) in [5.41, 5.74) is 1.73. The maximum atomic E-state index is 9.19. The molecule has 2 unspecified atom stereocenters. The summed E-state index contributed by atoms with van der Waals surface area (Å²) in [6, 6.07) is 8.18. The Balaban J connectivity index is 2.06. The van der Waals surface area contributed by atoms with Crippen molar-refractivity contribution in [1.29, 1.82) is 0 Å². The topological polar surface area (TPSA) is 43.7 Å². The van der Waals surface area contributed by atoms with Crippen LogP contribution in [0.5, 0.6) is 0 Å². The molecular weight excluding hydrogens is 225 g/mol. The highest BCUT2D eigenvalue weighted by Gasteiger charge is 2.24. The summed E-state index contributed by atoms with van der Waals surface area (Å²) in [6.07, 6.45) is 2.57. The molecule has 0 amide bonds. The average molecular weight is 247 g/mol. The van der Waals surface area contributed by atoms with Crippen molar-refractivity contribution in [2.45, 2.75) is 39.3 Å². The highest BCUT2D eigenvalue weighted by molar-refractivity contribution is 6.58. The third-order valence-electron chi connectivity index (χ3n) is 4.14. The maximum absolute atomic E-state index is 9.19. The van der Waals surface area contributed by atoms with Crippen molar-refractivity contribution in [3.8, 4) is 0 Å². The molecule has 1 heterocycles. The molecule has 2 N–H and O–H groups in total. The molecule has 2 atom stereocenters. The molecule has 0 aromatic heterocycles. The second kappa shape index (κ2) is 5.87. The third kappa shape index (κ3) is 3.13. The molecule has 0 aliphatic carbocycles. The van der Waals surface area contributed by atoms with Crippen LogP contribution in [-0.2, 0) is 6.54 Å². The minimum Gasteiger partial charge on any atom is -0.423 e. The van der Waals surface area contributed by atoms with Crippen molar-refractivity contribution in [1.82, 2.24) is 4.90 Å². The van der Waals surface area contributed by atoms with E-state index in [2.05, 4.69) is 24.8 Å². The van der Waals surface area contributed by atoms with Gasteiger partial charge in [-0.25, -0.2) is 0 Å². The second-order valence-electron chi connectivity index (χ2n) is 5.45. The van der Waals surface area contributed by atoms with E-state index in [-0.39, 0.29) is 0 Å². The largest absolute Gasteiger partial charge is 0.488 e. The lowest BCUT2D eigenvalue weighted by Gasteiger charge is -2.38. The van der Waals surface area contributed by atoms with E-state index in [0.717, 1.165) is 24.6 Å². The predicted molar refractivity (Wildman–Crippen MR) is 74.5 cm³/mol. The van der Waals surface area contributed by atoms with Gasteiger partial charge < -0.3 is 10.0 Å².